The first-order chi connectivity index (χ1) is 7.85. The maximum atomic E-state index is 5.89. The normalized spacial score (nSPS) is 19.8. The predicted octanol–water partition coefficient (Wildman–Crippen LogP) is 0.988. The van der Waals surface area contributed by atoms with Gasteiger partial charge in [-0.2, -0.15) is 0 Å². The van der Waals surface area contributed by atoms with Crippen LogP contribution in [-0.2, 0) is 11.3 Å². The summed E-state index contributed by atoms with van der Waals surface area (Å²) >= 11 is 1.63. The molecule has 90 valence electrons. The maximum absolute atomic E-state index is 5.89. The van der Waals surface area contributed by atoms with E-state index in [0.717, 1.165) is 51.4 Å². The fraction of sp³-hybridized carbons (Fsp3) is 0.727. The number of thiazole rings is 1. The number of nitrogens with two attached hydrogens (primary N) is 1. The van der Waals surface area contributed by atoms with Gasteiger partial charge >= 0.3 is 0 Å². The van der Waals surface area contributed by atoms with Gasteiger partial charge in [0.1, 0.15) is 0 Å². The molecular weight excluding hydrogens is 222 g/mol. The number of hydrogen-bond acceptors (Lipinski definition) is 5. The minimum absolute atomic E-state index is 0.230. The van der Waals surface area contributed by atoms with Crippen molar-refractivity contribution >= 4 is 11.3 Å². The van der Waals surface area contributed by atoms with Crippen molar-refractivity contribution in [2.24, 2.45) is 11.1 Å². The van der Waals surface area contributed by atoms with Crippen molar-refractivity contribution in [2.75, 3.05) is 26.3 Å². The Bertz CT molecular complexity index is 296. The van der Waals surface area contributed by atoms with E-state index >= 15 is 0 Å². The van der Waals surface area contributed by atoms with E-state index in [4.69, 9.17) is 10.5 Å². The van der Waals surface area contributed by atoms with Gasteiger partial charge < -0.3 is 15.8 Å². The molecule has 2 rings (SSSR count). The van der Waals surface area contributed by atoms with Crippen molar-refractivity contribution in [1.82, 2.24) is 10.3 Å². The molecule has 4 nitrogen and oxygen atoms in total. The van der Waals surface area contributed by atoms with E-state index in [9.17, 15) is 0 Å². The maximum Gasteiger partial charge on any atom is 0.0795 e. The van der Waals surface area contributed by atoms with Crippen LogP contribution < -0.4 is 11.1 Å². The first kappa shape index (κ1) is 12.0. The van der Waals surface area contributed by atoms with Crippen LogP contribution in [0.5, 0.6) is 0 Å². The largest absolute Gasteiger partial charge is 0.381 e. The zero-order valence-corrected chi connectivity index (χ0v) is 10.3. The Kier molecular flexibility index (Phi) is 4.29. The molecule has 2 heterocycles. The summed E-state index contributed by atoms with van der Waals surface area (Å²) in [6.45, 7) is 4.22. The zero-order chi connectivity index (χ0) is 11.3. The lowest BCUT2D eigenvalue weighted by atomic mass is 9.80. The van der Waals surface area contributed by atoms with Crippen LogP contribution in [0.25, 0.3) is 0 Å². The zero-order valence-electron chi connectivity index (χ0n) is 9.45. The highest BCUT2D eigenvalue weighted by Crippen LogP contribution is 2.28. The fourth-order valence-corrected chi connectivity index (χ4v) is 2.60. The number of hydrogen-bond donors (Lipinski definition) is 2. The SMILES string of the molecule is NCC1(CNCc2cscn2)CCOCC1. The van der Waals surface area contributed by atoms with Gasteiger partial charge in [0.15, 0.2) is 0 Å². The molecule has 16 heavy (non-hydrogen) atoms. The quantitative estimate of drug-likeness (QED) is 0.807. The molecular formula is C11H19N3OS. The summed E-state index contributed by atoms with van der Waals surface area (Å²) in [5.74, 6) is 0. The molecule has 5 heteroatoms. The summed E-state index contributed by atoms with van der Waals surface area (Å²) in [7, 11) is 0. The van der Waals surface area contributed by atoms with Gasteiger partial charge in [-0.05, 0) is 24.8 Å². The standard InChI is InChI=1S/C11H19N3OS/c12-7-11(1-3-15-4-2-11)8-13-5-10-6-16-9-14-10/h6,9,13H,1-5,7-8,12H2. The molecule has 0 aliphatic carbocycles. The second kappa shape index (κ2) is 5.72. The topological polar surface area (TPSA) is 60.2 Å². The summed E-state index contributed by atoms with van der Waals surface area (Å²) in [5.41, 5.74) is 9.10. The van der Waals surface area contributed by atoms with Crippen molar-refractivity contribution < 1.29 is 4.74 Å². The van der Waals surface area contributed by atoms with E-state index in [-0.39, 0.29) is 5.41 Å². The Balaban J connectivity index is 1.78. The third-order valence-corrected chi connectivity index (χ3v) is 3.91. The number of aromatic nitrogens is 1. The molecule has 0 unspecified atom stereocenters. The molecule has 0 radical (unpaired) electrons. The minimum atomic E-state index is 0.230. The van der Waals surface area contributed by atoms with E-state index in [1.54, 1.807) is 11.3 Å². The summed E-state index contributed by atoms with van der Waals surface area (Å²) in [6.07, 6.45) is 2.13. The molecule has 0 bridgehead atoms. The molecule has 1 aromatic rings. The summed E-state index contributed by atoms with van der Waals surface area (Å²) < 4.78 is 5.38. The van der Waals surface area contributed by atoms with Gasteiger partial charge in [0.2, 0.25) is 0 Å². The molecule has 0 atom stereocenters. The lowest BCUT2D eigenvalue weighted by molar-refractivity contribution is 0.0191. The molecule has 1 aromatic heterocycles. The van der Waals surface area contributed by atoms with Crippen LogP contribution in [0.4, 0.5) is 0 Å². The second-order valence-electron chi connectivity index (χ2n) is 4.40. The summed E-state index contributed by atoms with van der Waals surface area (Å²) in [6, 6.07) is 0. The van der Waals surface area contributed by atoms with Crippen LogP contribution in [0.2, 0.25) is 0 Å². The Morgan fingerprint density at radius 3 is 2.94 bits per heavy atom. The van der Waals surface area contributed by atoms with Crippen molar-refractivity contribution in [3.8, 4) is 0 Å². The molecule has 3 N–H and O–H groups in total. The molecule has 1 saturated heterocycles. The van der Waals surface area contributed by atoms with Crippen LogP contribution in [0, 0.1) is 5.41 Å². The molecule has 0 spiro atoms. The highest BCUT2D eigenvalue weighted by atomic mass is 32.1. The predicted molar refractivity (Wildman–Crippen MR) is 65.4 cm³/mol. The lowest BCUT2D eigenvalue weighted by Crippen LogP contribution is -2.44. The number of nitrogens with one attached hydrogen (secondary N) is 1. The van der Waals surface area contributed by atoms with Crippen LogP contribution >= 0.6 is 11.3 Å². The Morgan fingerprint density at radius 1 is 1.50 bits per heavy atom. The van der Waals surface area contributed by atoms with Gasteiger partial charge in [-0.3, -0.25) is 0 Å². The molecule has 0 saturated carbocycles. The highest BCUT2D eigenvalue weighted by Gasteiger charge is 2.30. The Morgan fingerprint density at radius 2 is 2.31 bits per heavy atom. The van der Waals surface area contributed by atoms with Crippen LogP contribution in [0.1, 0.15) is 18.5 Å². The van der Waals surface area contributed by atoms with Crippen LogP contribution in [0.3, 0.4) is 0 Å². The third kappa shape index (κ3) is 3.01. The van der Waals surface area contributed by atoms with E-state index in [1.807, 2.05) is 5.51 Å². The van der Waals surface area contributed by atoms with Gasteiger partial charge in [0, 0.05) is 31.7 Å². The van der Waals surface area contributed by atoms with Crippen molar-refractivity contribution in [3.05, 3.63) is 16.6 Å². The first-order valence-electron chi connectivity index (χ1n) is 5.70. The first-order valence-corrected chi connectivity index (χ1v) is 6.65. The molecule has 1 aliphatic heterocycles. The Hall–Kier alpha value is -0.490. The molecule has 1 fully saturated rings. The number of ether oxygens (including phenoxy) is 1. The summed E-state index contributed by atoms with van der Waals surface area (Å²) in [4.78, 5) is 4.25. The number of nitrogens with zero attached hydrogens (tertiary/aromatic N) is 1. The minimum Gasteiger partial charge on any atom is -0.381 e. The fourth-order valence-electron chi connectivity index (χ4n) is 2.04. The second-order valence-corrected chi connectivity index (χ2v) is 5.12. The van der Waals surface area contributed by atoms with Crippen molar-refractivity contribution in [2.45, 2.75) is 19.4 Å². The molecule has 0 aromatic carbocycles. The van der Waals surface area contributed by atoms with Gasteiger partial charge in [0.25, 0.3) is 0 Å². The smallest absolute Gasteiger partial charge is 0.0795 e. The average Bonchev–Trinajstić information content (AvgIpc) is 2.83. The van der Waals surface area contributed by atoms with Gasteiger partial charge in [-0.25, -0.2) is 4.98 Å². The summed E-state index contributed by atoms with van der Waals surface area (Å²) in [5, 5.41) is 5.53. The number of rotatable bonds is 5. The Labute approximate surface area is 100 Å². The van der Waals surface area contributed by atoms with Crippen LogP contribution in [0.15, 0.2) is 10.9 Å². The third-order valence-electron chi connectivity index (χ3n) is 3.28. The average molecular weight is 241 g/mol. The van der Waals surface area contributed by atoms with E-state index < -0.39 is 0 Å². The van der Waals surface area contributed by atoms with E-state index in [2.05, 4.69) is 15.7 Å². The lowest BCUT2D eigenvalue weighted by Gasteiger charge is -2.36. The van der Waals surface area contributed by atoms with Crippen LogP contribution in [-0.4, -0.2) is 31.3 Å². The highest BCUT2D eigenvalue weighted by molar-refractivity contribution is 7.07. The van der Waals surface area contributed by atoms with E-state index in [1.165, 1.54) is 0 Å². The van der Waals surface area contributed by atoms with Gasteiger partial charge in [-0.1, -0.05) is 0 Å². The van der Waals surface area contributed by atoms with E-state index in [0.29, 0.717) is 0 Å². The van der Waals surface area contributed by atoms with Crippen molar-refractivity contribution in [1.29, 1.82) is 0 Å². The molecule has 0 amide bonds. The molecule has 1 aliphatic rings. The van der Waals surface area contributed by atoms with Gasteiger partial charge in [-0.15, -0.1) is 11.3 Å². The monoisotopic (exact) mass is 241 g/mol. The van der Waals surface area contributed by atoms with Gasteiger partial charge in [0.05, 0.1) is 11.2 Å². The van der Waals surface area contributed by atoms with Crippen molar-refractivity contribution in [3.63, 3.8) is 0 Å².